The van der Waals surface area contributed by atoms with Crippen LogP contribution in [0, 0.1) is 0 Å². The Morgan fingerprint density at radius 1 is 0.815 bits per heavy atom. The van der Waals surface area contributed by atoms with E-state index in [4.69, 9.17) is 0 Å². The second-order valence-corrected chi connectivity index (χ2v) is 5.80. The van der Waals surface area contributed by atoms with E-state index in [9.17, 15) is 26.3 Å². The van der Waals surface area contributed by atoms with Gasteiger partial charge in [0.15, 0.2) is 11.5 Å². The third-order valence-electron chi connectivity index (χ3n) is 3.04. The molecular formula is C14H15F6N7. The summed E-state index contributed by atoms with van der Waals surface area (Å²) in [5.74, 6) is -0.943. The summed E-state index contributed by atoms with van der Waals surface area (Å²) in [5.41, 5.74) is -1.64. The highest BCUT2D eigenvalue weighted by molar-refractivity contribution is 5.53. The number of anilines is 2. The first kappa shape index (κ1) is 20.6. The molecular weight excluding hydrogens is 380 g/mol. The number of hydrogen-bond acceptors (Lipinski definition) is 7. The molecule has 0 radical (unpaired) electrons. The van der Waals surface area contributed by atoms with E-state index in [2.05, 4.69) is 35.6 Å². The van der Waals surface area contributed by atoms with Crippen LogP contribution in [0.15, 0.2) is 12.4 Å². The van der Waals surface area contributed by atoms with Gasteiger partial charge >= 0.3 is 12.4 Å². The molecule has 1 atom stereocenters. The van der Waals surface area contributed by atoms with Gasteiger partial charge in [0.25, 0.3) is 0 Å². The summed E-state index contributed by atoms with van der Waals surface area (Å²) in [4.78, 5) is 18.3. The van der Waals surface area contributed by atoms with Crippen LogP contribution in [0.4, 0.5) is 38.2 Å². The molecule has 0 aliphatic heterocycles. The number of nitrogens with zero attached hydrogens (tertiary/aromatic N) is 5. The molecule has 7 nitrogen and oxygen atoms in total. The molecule has 0 aliphatic rings. The van der Waals surface area contributed by atoms with Crippen LogP contribution in [0.1, 0.15) is 26.5 Å². The fourth-order valence-corrected chi connectivity index (χ4v) is 1.76. The van der Waals surface area contributed by atoms with Gasteiger partial charge in [-0.1, -0.05) is 0 Å². The van der Waals surface area contributed by atoms with Crippen LogP contribution in [-0.4, -0.2) is 43.2 Å². The Morgan fingerprint density at radius 2 is 1.41 bits per heavy atom. The maximum atomic E-state index is 12.8. The molecule has 0 saturated heterocycles. The van der Waals surface area contributed by atoms with Crippen LogP contribution >= 0.6 is 0 Å². The summed E-state index contributed by atoms with van der Waals surface area (Å²) in [6.07, 6.45) is -7.83. The van der Waals surface area contributed by atoms with Gasteiger partial charge in [-0.15, -0.1) is 0 Å². The number of aromatic nitrogens is 5. The summed E-state index contributed by atoms with van der Waals surface area (Å²) in [6, 6.07) is -2.19. The number of rotatable bonds is 5. The minimum absolute atomic E-state index is 0.119. The second-order valence-electron chi connectivity index (χ2n) is 5.80. The molecule has 0 amide bonds. The SMILES string of the molecule is CC(C)Nc1nc(NC(C)C(F)(F)F)nc(-c2cncc(C(F)(F)F)n2)n1. The topological polar surface area (TPSA) is 88.5 Å². The van der Waals surface area contributed by atoms with Crippen molar-refractivity contribution < 1.29 is 26.3 Å². The maximum absolute atomic E-state index is 12.8. The second kappa shape index (κ2) is 7.48. The number of nitrogens with one attached hydrogen (secondary N) is 2. The Morgan fingerprint density at radius 3 is 1.93 bits per heavy atom. The first-order valence-electron chi connectivity index (χ1n) is 7.61. The summed E-state index contributed by atoms with van der Waals surface area (Å²) in [6.45, 7) is 4.29. The Bertz CT molecular complexity index is 790. The predicted molar refractivity (Wildman–Crippen MR) is 83.8 cm³/mol. The summed E-state index contributed by atoms with van der Waals surface area (Å²) < 4.78 is 76.7. The highest BCUT2D eigenvalue weighted by Gasteiger charge is 2.37. The van der Waals surface area contributed by atoms with Gasteiger partial charge in [0, 0.05) is 6.04 Å². The van der Waals surface area contributed by atoms with Gasteiger partial charge in [0.2, 0.25) is 11.9 Å². The molecule has 2 rings (SSSR count). The van der Waals surface area contributed by atoms with Crippen molar-refractivity contribution in [3.8, 4) is 11.5 Å². The monoisotopic (exact) mass is 395 g/mol. The minimum atomic E-state index is -4.75. The highest BCUT2D eigenvalue weighted by Crippen LogP contribution is 2.28. The average Bonchev–Trinajstić information content (AvgIpc) is 2.52. The van der Waals surface area contributed by atoms with Crippen LogP contribution in [0.25, 0.3) is 11.5 Å². The van der Waals surface area contributed by atoms with Gasteiger partial charge < -0.3 is 10.6 Å². The molecule has 0 aromatic carbocycles. The van der Waals surface area contributed by atoms with Crippen molar-refractivity contribution in [3.63, 3.8) is 0 Å². The lowest BCUT2D eigenvalue weighted by Gasteiger charge is -2.18. The minimum Gasteiger partial charge on any atom is -0.352 e. The molecule has 1 unspecified atom stereocenters. The molecule has 0 bridgehead atoms. The van der Waals surface area contributed by atoms with Gasteiger partial charge in [0.05, 0.1) is 12.4 Å². The lowest BCUT2D eigenvalue weighted by atomic mass is 10.3. The lowest BCUT2D eigenvalue weighted by Crippen LogP contribution is -2.34. The van der Waals surface area contributed by atoms with Crippen LogP contribution in [0.5, 0.6) is 0 Å². The van der Waals surface area contributed by atoms with E-state index < -0.39 is 30.0 Å². The lowest BCUT2D eigenvalue weighted by molar-refractivity contribution is -0.141. The van der Waals surface area contributed by atoms with Gasteiger partial charge in [-0.25, -0.2) is 4.98 Å². The van der Waals surface area contributed by atoms with E-state index in [0.29, 0.717) is 6.20 Å². The van der Waals surface area contributed by atoms with E-state index in [-0.39, 0.29) is 23.5 Å². The first-order valence-corrected chi connectivity index (χ1v) is 7.61. The maximum Gasteiger partial charge on any atom is 0.434 e. The number of halogens is 6. The van der Waals surface area contributed by atoms with Gasteiger partial charge in [-0.3, -0.25) is 4.98 Å². The number of hydrogen-bond donors (Lipinski definition) is 2. The summed E-state index contributed by atoms with van der Waals surface area (Å²) in [7, 11) is 0. The van der Waals surface area contributed by atoms with Crippen LogP contribution in [-0.2, 0) is 6.18 Å². The molecule has 2 N–H and O–H groups in total. The molecule has 13 heteroatoms. The molecule has 2 heterocycles. The molecule has 0 aliphatic carbocycles. The first-order chi connectivity index (χ1) is 12.4. The van der Waals surface area contributed by atoms with Crippen molar-refractivity contribution in [2.75, 3.05) is 10.6 Å². The third kappa shape index (κ3) is 5.62. The van der Waals surface area contributed by atoms with E-state index in [1.165, 1.54) is 0 Å². The normalized spacial score (nSPS) is 13.6. The van der Waals surface area contributed by atoms with E-state index >= 15 is 0 Å². The molecule has 2 aromatic rings. The van der Waals surface area contributed by atoms with Gasteiger partial charge in [-0.2, -0.15) is 41.3 Å². The zero-order valence-electron chi connectivity index (χ0n) is 14.3. The Balaban J connectivity index is 2.48. The largest absolute Gasteiger partial charge is 0.434 e. The Labute approximate surface area is 149 Å². The molecule has 148 valence electrons. The van der Waals surface area contributed by atoms with Crippen molar-refractivity contribution in [2.45, 2.75) is 45.2 Å². The molecule has 0 saturated carbocycles. The quantitative estimate of drug-likeness (QED) is 0.749. The van der Waals surface area contributed by atoms with Crippen molar-refractivity contribution in [1.82, 2.24) is 24.9 Å². The Hall–Kier alpha value is -2.73. The van der Waals surface area contributed by atoms with Crippen LogP contribution in [0.3, 0.4) is 0 Å². The van der Waals surface area contributed by atoms with E-state index in [1.54, 1.807) is 13.8 Å². The highest BCUT2D eigenvalue weighted by atomic mass is 19.4. The third-order valence-corrected chi connectivity index (χ3v) is 3.04. The average molecular weight is 395 g/mol. The fraction of sp³-hybridized carbons (Fsp3) is 0.500. The fourth-order valence-electron chi connectivity index (χ4n) is 1.76. The summed E-state index contributed by atoms with van der Waals surface area (Å²) in [5, 5.41) is 4.81. The molecule has 2 aromatic heterocycles. The zero-order valence-corrected chi connectivity index (χ0v) is 14.3. The summed E-state index contributed by atoms with van der Waals surface area (Å²) >= 11 is 0. The molecule has 27 heavy (non-hydrogen) atoms. The van der Waals surface area contributed by atoms with Crippen molar-refractivity contribution in [2.24, 2.45) is 0 Å². The smallest absolute Gasteiger partial charge is 0.352 e. The van der Waals surface area contributed by atoms with Gasteiger partial charge in [-0.05, 0) is 20.8 Å². The van der Waals surface area contributed by atoms with Crippen molar-refractivity contribution in [3.05, 3.63) is 18.1 Å². The van der Waals surface area contributed by atoms with Crippen molar-refractivity contribution in [1.29, 1.82) is 0 Å². The van der Waals surface area contributed by atoms with Crippen LogP contribution < -0.4 is 10.6 Å². The molecule has 0 fully saturated rings. The van der Waals surface area contributed by atoms with Crippen LogP contribution in [0.2, 0.25) is 0 Å². The standard InChI is InChI=1S/C14H15F6N7/c1-6(2)22-11-25-10(8-4-21-5-9(24-8)14(18,19)20)26-12(27-11)23-7(3)13(15,16)17/h4-7H,1-3H3,(H2,22,23,25,26,27). The van der Waals surface area contributed by atoms with E-state index in [1.807, 2.05) is 0 Å². The van der Waals surface area contributed by atoms with Gasteiger partial charge in [0.1, 0.15) is 11.7 Å². The Kier molecular flexibility index (Phi) is 5.70. The predicted octanol–water partition coefficient (Wildman–Crippen LogP) is 3.53. The zero-order chi connectivity index (χ0) is 20.4. The molecule has 0 spiro atoms. The van der Waals surface area contributed by atoms with E-state index in [0.717, 1.165) is 13.1 Å². The number of alkyl halides is 6. The van der Waals surface area contributed by atoms with Crippen molar-refractivity contribution >= 4 is 11.9 Å².